The molecular formula is C20H22ClNO3. The summed E-state index contributed by atoms with van der Waals surface area (Å²) in [4.78, 5) is 12.1. The van der Waals surface area contributed by atoms with Gasteiger partial charge in [0.2, 0.25) is 5.91 Å². The minimum atomic E-state index is -0.235. The van der Waals surface area contributed by atoms with Crippen LogP contribution in [0, 0.1) is 6.92 Å². The Labute approximate surface area is 153 Å². The molecule has 0 atom stereocenters. The van der Waals surface area contributed by atoms with Crippen LogP contribution < -0.4 is 14.8 Å². The summed E-state index contributed by atoms with van der Waals surface area (Å²) in [7, 11) is 1.59. The normalized spacial score (nSPS) is 11.0. The van der Waals surface area contributed by atoms with E-state index < -0.39 is 0 Å². The number of rotatable bonds is 6. The molecule has 5 heteroatoms. The van der Waals surface area contributed by atoms with Crippen molar-refractivity contribution in [3.05, 3.63) is 58.6 Å². The van der Waals surface area contributed by atoms with Crippen molar-refractivity contribution in [1.82, 2.24) is 0 Å². The van der Waals surface area contributed by atoms with E-state index in [1.165, 1.54) is 6.08 Å². The molecular weight excluding hydrogens is 338 g/mol. The van der Waals surface area contributed by atoms with Crippen LogP contribution >= 0.6 is 11.6 Å². The van der Waals surface area contributed by atoms with Crippen molar-refractivity contribution in [2.75, 3.05) is 12.4 Å². The van der Waals surface area contributed by atoms with E-state index in [1.807, 2.05) is 51.1 Å². The maximum atomic E-state index is 12.1. The van der Waals surface area contributed by atoms with Gasteiger partial charge in [0, 0.05) is 16.8 Å². The van der Waals surface area contributed by atoms with E-state index in [0.717, 1.165) is 11.1 Å². The Morgan fingerprint density at radius 3 is 2.56 bits per heavy atom. The second-order valence-corrected chi connectivity index (χ2v) is 6.27. The van der Waals surface area contributed by atoms with Gasteiger partial charge in [-0.25, -0.2) is 0 Å². The highest BCUT2D eigenvalue weighted by Gasteiger charge is 2.07. The van der Waals surface area contributed by atoms with Crippen LogP contribution in [0.1, 0.15) is 25.0 Å². The zero-order chi connectivity index (χ0) is 18.4. The third kappa shape index (κ3) is 5.54. The van der Waals surface area contributed by atoms with Gasteiger partial charge in [0.15, 0.2) is 11.5 Å². The quantitative estimate of drug-likeness (QED) is 0.730. The first-order valence-electron chi connectivity index (χ1n) is 7.99. The smallest absolute Gasteiger partial charge is 0.248 e. The molecule has 4 nitrogen and oxygen atoms in total. The number of halogens is 1. The molecule has 0 spiro atoms. The van der Waals surface area contributed by atoms with Gasteiger partial charge in [-0.2, -0.15) is 0 Å². The third-order valence-electron chi connectivity index (χ3n) is 3.42. The molecule has 25 heavy (non-hydrogen) atoms. The number of methoxy groups -OCH3 is 1. The lowest BCUT2D eigenvalue weighted by Gasteiger charge is -2.13. The molecule has 0 saturated carbocycles. The molecule has 0 radical (unpaired) electrons. The van der Waals surface area contributed by atoms with Crippen molar-refractivity contribution >= 4 is 29.3 Å². The highest BCUT2D eigenvalue weighted by molar-refractivity contribution is 6.31. The van der Waals surface area contributed by atoms with E-state index >= 15 is 0 Å². The number of hydrogen-bond acceptors (Lipinski definition) is 3. The van der Waals surface area contributed by atoms with Gasteiger partial charge in [-0.05, 0) is 62.2 Å². The number of benzene rings is 2. The fraction of sp³-hybridized carbons (Fsp3) is 0.250. The molecule has 132 valence electrons. The van der Waals surface area contributed by atoms with E-state index in [0.29, 0.717) is 22.2 Å². The number of aryl methyl sites for hydroxylation is 1. The molecule has 1 amide bonds. The lowest BCUT2D eigenvalue weighted by atomic mass is 10.2. The van der Waals surface area contributed by atoms with Crippen LogP contribution in [-0.4, -0.2) is 19.1 Å². The minimum Gasteiger partial charge on any atom is -0.493 e. The van der Waals surface area contributed by atoms with E-state index in [9.17, 15) is 4.79 Å². The average Bonchev–Trinajstić information content (AvgIpc) is 2.57. The van der Waals surface area contributed by atoms with Gasteiger partial charge in [0.25, 0.3) is 0 Å². The van der Waals surface area contributed by atoms with Crippen LogP contribution in [0.4, 0.5) is 5.69 Å². The van der Waals surface area contributed by atoms with Crippen LogP contribution in [0.15, 0.2) is 42.5 Å². The summed E-state index contributed by atoms with van der Waals surface area (Å²) in [6.07, 6.45) is 3.24. The average molecular weight is 360 g/mol. The number of carbonyl (C=O) groups is 1. The highest BCUT2D eigenvalue weighted by atomic mass is 35.5. The van der Waals surface area contributed by atoms with Gasteiger partial charge in [0.05, 0.1) is 13.2 Å². The first-order valence-corrected chi connectivity index (χ1v) is 8.36. The van der Waals surface area contributed by atoms with Crippen LogP contribution in [-0.2, 0) is 4.79 Å². The zero-order valence-corrected chi connectivity index (χ0v) is 15.6. The van der Waals surface area contributed by atoms with Gasteiger partial charge < -0.3 is 14.8 Å². The summed E-state index contributed by atoms with van der Waals surface area (Å²) in [6, 6.07) is 10.9. The molecule has 0 aliphatic heterocycles. The highest BCUT2D eigenvalue weighted by Crippen LogP contribution is 2.29. The fourth-order valence-electron chi connectivity index (χ4n) is 2.17. The first-order chi connectivity index (χ1) is 11.9. The van der Waals surface area contributed by atoms with Crippen LogP contribution in [0.5, 0.6) is 11.5 Å². The van der Waals surface area contributed by atoms with Crippen molar-refractivity contribution in [2.45, 2.75) is 26.9 Å². The predicted octanol–water partition coefficient (Wildman–Crippen LogP) is 5.10. The van der Waals surface area contributed by atoms with Gasteiger partial charge in [0.1, 0.15) is 0 Å². The zero-order valence-electron chi connectivity index (χ0n) is 14.8. The molecule has 0 unspecified atom stereocenters. The van der Waals surface area contributed by atoms with E-state index in [2.05, 4.69) is 5.32 Å². The third-order valence-corrected chi connectivity index (χ3v) is 3.82. The van der Waals surface area contributed by atoms with Crippen molar-refractivity contribution in [2.24, 2.45) is 0 Å². The Hall–Kier alpha value is -2.46. The summed E-state index contributed by atoms with van der Waals surface area (Å²) < 4.78 is 11.0. The topological polar surface area (TPSA) is 47.6 Å². The molecule has 1 N–H and O–H groups in total. The Morgan fingerprint density at radius 2 is 1.92 bits per heavy atom. The van der Waals surface area contributed by atoms with E-state index in [-0.39, 0.29) is 12.0 Å². The van der Waals surface area contributed by atoms with Gasteiger partial charge in [-0.1, -0.05) is 23.7 Å². The molecule has 0 aliphatic carbocycles. The predicted molar refractivity (Wildman–Crippen MR) is 103 cm³/mol. The number of amides is 1. The number of nitrogens with one attached hydrogen (secondary N) is 1. The molecule has 0 aliphatic rings. The second kappa shape index (κ2) is 8.58. The van der Waals surface area contributed by atoms with Gasteiger partial charge >= 0.3 is 0 Å². The molecule has 0 heterocycles. The first kappa shape index (κ1) is 18.9. The Kier molecular flexibility index (Phi) is 6.48. The molecule has 2 aromatic rings. The number of anilines is 1. The number of carbonyl (C=O) groups excluding carboxylic acids is 1. The minimum absolute atomic E-state index is 0.0578. The summed E-state index contributed by atoms with van der Waals surface area (Å²) in [5, 5.41) is 3.40. The molecule has 0 saturated heterocycles. The maximum Gasteiger partial charge on any atom is 0.248 e. The molecule has 2 rings (SSSR count). The molecule has 0 aromatic heterocycles. The molecule has 0 bridgehead atoms. The monoisotopic (exact) mass is 359 g/mol. The number of ether oxygens (including phenoxy) is 2. The Balaban J connectivity index is 2.07. The summed E-state index contributed by atoms with van der Waals surface area (Å²) in [5.74, 6) is 1.07. The number of hydrogen-bond donors (Lipinski definition) is 1. The Bertz CT molecular complexity index is 785. The van der Waals surface area contributed by atoms with Gasteiger partial charge in [-0.3, -0.25) is 4.79 Å². The van der Waals surface area contributed by atoms with Crippen molar-refractivity contribution in [1.29, 1.82) is 0 Å². The summed E-state index contributed by atoms with van der Waals surface area (Å²) in [6.45, 7) is 5.82. The van der Waals surface area contributed by atoms with Crippen molar-refractivity contribution in [3.8, 4) is 11.5 Å². The lowest BCUT2D eigenvalue weighted by molar-refractivity contribution is -0.111. The van der Waals surface area contributed by atoms with Crippen LogP contribution in [0.2, 0.25) is 5.02 Å². The summed E-state index contributed by atoms with van der Waals surface area (Å²) in [5.41, 5.74) is 2.46. The van der Waals surface area contributed by atoms with Crippen molar-refractivity contribution < 1.29 is 14.3 Å². The SMILES string of the molecule is COc1cc(/C=C/C(=O)Nc2ccc(C)c(Cl)c2)ccc1OC(C)C. The fourth-order valence-corrected chi connectivity index (χ4v) is 2.35. The largest absolute Gasteiger partial charge is 0.493 e. The summed E-state index contributed by atoms with van der Waals surface area (Å²) >= 11 is 6.06. The molecule has 2 aromatic carbocycles. The standard InChI is InChI=1S/C20H22ClNO3/c1-13(2)25-18-9-6-15(11-19(18)24-4)7-10-20(23)22-16-8-5-14(3)17(21)12-16/h5-13H,1-4H3,(H,22,23)/b10-7+. The lowest BCUT2D eigenvalue weighted by Crippen LogP contribution is -2.08. The van der Waals surface area contributed by atoms with Crippen molar-refractivity contribution in [3.63, 3.8) is 0 Å². The Morgan fingerprint density at radius 1 is 1.16 bits per heavy atom. The second-order valence-electron chi connectivity index (χ2n) is 5.86. The van der Waals surface area contributed by atoms with Crippen LogP contribution in [0.25, 0.3) is 6.08 Å². The van der Waals surface area contributed by atoms with Gasteiger partial charge in [-0.15, -0.1) is 0 Å². The molecule has 0 fully saturated rings. The van der Waals surface area contributed by atoms with E-state index in [1.54, 1.807) is 19.3 Å². The maximum absolute atomic E-state index is 12.1. The van der Waals surface area contributed by atoms with E-state index in [4.69, 9.17) is 21.1 Å². The van der Waals surface area contributed by atoms with Crippen LogP contribution in [0.3, 0.4) is 0 Å².